The highest BCUT2D eigenvalue weighted by atomic mass is 16.2. The molecule has 0 radical (unpaired) electrons. The molecule has 0 atom stereocenters. The van der Waals surface area contributed by atoms with Gasteiger partial charge in [0, 0.05) is 12.2 Å². The highest BCUT2D eigenvalue weighted by Gasteiger charge is 2.14. The molecule has 0 aliphatic rings. The highest BCUT2D eigenvalue weighted by Crippen LogP contribution is 2.17. The van der Waals surface area contributed by atoms with Crippen LogP contribution in [0.25, 0.3) is 0 Å². The van der Waals surface area contributed by atoms with Crippen molar-refractivity contribution in [1.82, 2.24) is 25.6 Å². The summed E-state index contributed by atoms with van der Waals surface area (Å²) in [5.74, 6) is -1.03. The Morgan fingerprint density at radius 1 is 0.862 bits per heavy atom. The summed E-state index contributed by atoms with van der Waals surface area (Å²) in [6.07, 6.45) is 0. The first kappa shape index (κ1) is 19.7. The molecular weight excluding hydrogens is 370 g/mol. The zero-order valence-corrected chi connectivity index (χ0v) is 15.8. The van der Waals surface area contributed by atoms with Crippen molar-refractivity contribution in [2.24, 2.45) is 0 Å². The van der Waals surface area contributed by atoms with Gasteiger partial charge >= 0.3 is 11.8 Å². The second-order valence-electron chi connectivity index (χ2n) is 6.22. The van der Waals surface area contributed by atoms with Crippen molar-refractivity contribution in [3.63, 3.8) is 0 Å². The number of hydrogen-bond acceptors (Lipinski definition) is 7. The van der Waals surface area contributed by atoms with Gasteiger partial charge in [0.15, 0.2) is 5.82 Å². The predicted octanol–water partition coefficient (Wildman–Crippen LogP) is 1.44. The van der Waals surface area contributed by atoms with Crippen molar-refractivity contribution in [1.29, 1.82) is 0 Å². The number of nitrogens with one attached hydrogen (secondary N) is 3. The number of nitrogen functional groups attached to an aromatic ring is 1. The number of nitrogens with zero attached hydrogens (tertiary/aromatic N) is 3. The Hall–Kier alpha value is -4.01. The number of rotatable bonds is 6. The van der Waals surface area contributed by atoms with Crippen LogP contribution in [-0.2, 0) is 22.7 Å². The molecule has 2 amide bonds. The molecule has 0 aliphatic carbocycles. The molecule has 148 valence electrons. The van der Waals surface area contributed by atoms with E-state index in [2.05, 4.69) is 30.9 Å². The van der Waals surface area contributed by atoms with E-state index in [1.54, 1.807) is 0 Å². The monoisotopic (exact) mass is 391 g/mol. The second-order valence-corrected chi connectivity index (χ2v) is 6.22. The van der Waals surface area contributed by atoms with Crippen LogP contribution in [0.15, 0.2) is 54.6 Å². The molecule has 1 heterocycles. The fraction of sp³-hybridized carbons (Fsp3) is 0.150. The third-order valence-corrected chi connectivity index (χ3v) is 4.00. The number of aryl methyl sites for hydroxylation is 1. The maximum atomic E-state index is 12.0. The lowest BCUT2D eigenvalue weighted by atomic mass is 10.2. The van der Waals surface area contributed by atoms with E-state index in [-0.39, 0.29) is 30.8 Å². The quantitative estimate of drug-likeness (QED) is 0.467. The number of anilines is 3. The molecule has 3 rings (SSSR count). The Morgan fingerprint density at radius 3 is 2.24 bits per heavy atom. The minimum Gasteiger partial charge on any atom is -0.368 e. The molecule has 1 aromatic heterocycles. The lowest BCUT2D eigenvalue weighted by molar-refractivity contribution is -0.139. The van der Waals surface area contributed by atoms with E-state index in [9.17, 15) is 9.59 Å². The van der Waals surface area contributed by atoms with Crippen LogP contribution in [-0.4, -0.2) is 26.8 Å². The summed E-state index contributed by atoms with van der Waals surface area (Å²) < 4.78 is 0. The second kappa shape index (κ2) is 9.27. The average molecular weight is 391 g/mol. The standard InChI is InChI=1S/C20H21N7O2/c1-13-7-5-6-10-15(13)24-20-26-16(25-19(21)27-20)12-23-18(29)17(28)22-11-14-8-3-2-4-9-14/h2-10H,11-12H2,1H3,(H,22,28)(H,23,29)(H3,21,24,25,26,27). The van der Waals surface area contributed by atoms with Gasteiger partial charge in [-0.3, -0.25) is 9.59 Å². The molecule has 0 bridgehead atoms. The third kappa shape index (κ3) is 5.73. The topological polar surface area (TPSA) is 135 Å². The number of hydrogen-bond donors (Lipinski definition) is 4. The Labute approximate surface area is 167 Å². The van der Waals surface area contributed by atoms with Crippen LogP contribution in [0.3, 0.4) is 0 Å². The Balaban J connectivity index is 1.57. The Bertz CT molecular complexity index is 1010. The maximum Gasteiger partial charge on any atom is 0.309 e. The van der Waals surface area contributed by atoms with Crippen molar-refractivity contribution in [2.75, 3.05) is 11.1 Å². The van der Waals surface area contributed by atoms with E-state index >= 15 is 0 Å². The van der Waals surface area contributed by atoms with Gasteiger partial charge in [0.25, 0.3) is 0 Å². The molecule has 0 aliphatic heterocycles. The number of carbonyl (C=O) groups is 2. The molecule has 9 heteroatoms. The van der Waals surface area contributed by atoms with E-state index in [1.807, 2.05) is 61.5 Å². The molecule has 9 nitrogen and oxygen atoms in total. The number of nitrogens with two attached hydrogens (primary N) is 1. The lowest BCUT2D eigenvalue weighted by Gasteiger charge is -2.10. The first-order valence-corrected chi connectivity index (χ1v) is 8.94. The molecular formula is C20H21N7O2. The number of benzene rings is 2. The smallest absolute Gasteiger partial charge is 0.309 e. The maximum absolute atomic E-state index is 12.0. The van der Waals surface area contributed by atoms with Gasteiger partial charge in [-0.2, -0.15) is 15.0 Å². The lowest BCUT2D eigenvalue weighted by Crippen LogP contribution is -2.39. The minimum atomic E-state index is -0.784. The molecule has 5 N–H and O–H groups in total. The Kier molecular flexibility index (Phi) is 6.31. The van der Waals surface area contributed by atoms with E-state index in [0.717, 1.165) is 16.8 Å². The van der Waals surface area contributed by atoms with E-state index < -0.39 is 11.8 Å². The van der Waals surface area contributed by atoms with Crippen molar-refractivity contribution >= 4 is 29.4 Å². The summed E-state index contributed by atoms with van der Waals surface area (Å²) in [4.78, 5) is 36.2. The molecule has 0 fully saturated rings. The van der Waals surface area contributed by atoms with Crippen LogP contribution in [0, 0.1) is 6.92 Å². The summed E-state index contributed by atoms with van der Waals surface area (Å²) in [6.45, 7) is 2.14. The molecule has 0 unspecified atom stereocenters. The van der Waals surface area contributed by atoms with E-state index in [4.69, 9.17) is 5.73 Å². The number of aromatic nitrogens is 3. The van der Waals surface area contributed by atoms with Crippen molar-refractivity contribution < 1.29 is 9.59 Å². The van der Waals surface area contributed by atoms with Gasteiger partial charge in [-0.05, 0) is 24.1 Å². The van der Waals surface area contributed by atoms with Crippen molar-refractivity contribution in [3.8, 4) is 0 Å². The zero-order chi connectivity index (χ0) is 20.6. The van der Waals surface area contributed by atoms with Crippen molar-refractivity contribution in [2.45, 2.75) is 20.0 Å². The van der Waals surface area contributed by atoms with Gasteiger partial charge in [0.2, 0.25) is 11.9 Å². The largest absolute Gasteiger partial charge is 0.368 e. The first-order chi connectivity index (χ1) is 14.0. The van der Waals surface area contributed by atoms with E-state index in [1.165, 1.54) is 0 Å². The summed E-state index contributed by atoms with van der Waals surface area (Å²) in [6, 6.07) is 16.9. The summed E-state index contributed by atoms with van der Waals surface area (Å²) in [5, 5.41) is 8.10. The van der Waals surface area contributed by atoms with Gasteiger partial charge in [-0.15, -0.1) is 0 Å². The van der Waals surface area contributed by atoms with E-state index in [0.29, 0.717) is 0 Å². The van der Waals surface area contributed by atoms with Crippen LogP contribution < -0.4 is 21.7 Å². The molecule has 0 saturated heterocycles. The van der Waals surface area contributed by atoms with Crippen LogP contribution in [0.5, 0.6) is 0 Å². The van der Waals surface area contributed by atoms with Gasteiger partial charge < -0.3 is 21.7 Å². The van der Waals surface area contributed by atoms with Crippen LogP contribution in [0.2, 0.25) is 0 Å². The summed E-state index contributed by atoms with van der Waals surface area (Å²) in [7, 11) is 0. The number of carbonyl (C=O) groups excluding carboxylic acids is 2. The van der Waals surface area contributed by atoms with Gasteiger partial charge in [0.05, 0.1) is 6.54 Å². The predicted molar refractivity (Wildman–Crippen MR) is 109 cm³/mol. The van der Waals surface area contributed by atoms with Crippen LogP contribution in [0.1, 0.15) is 17.0 Å². The molecule has 2 aromatic carbocycles. The number of amides is 2. The first-order valence-electron chi connectivity index (χ1n) is 8.94. The molecule has 0 saturated carbocycles. The number of para-hydroxylation sites is 1. The van der Waals surface area contributed by atoms with Crippen molar-refractivity contribution in [3.05, 3.63) is 71.5 Å². The molecule has 0 spiro atoms. The minimum absolute atomic E-state index is 0.00821. The van der Waals surface area contributed by atoms with Crippen LogP contribution >= 0.6 is 0 Å². The van der Waals surface area contributed by atoms with Gasteiger partial charge in [0.1, 0.15) is 0 Å². The third-order valence-electron chi connectivity index (χ3n) is 4.00. The Morgan fingerprint density at radius 2 is 1.52 bits per heavy atom. The SMILES string of the molecule is Cc1ccccc1Nc1nc(N)nc(CNC(=O)C(=O)NCc2ccccc2)n1. The fourth-order valence-corrected chi connectivity index (χ4v) is 2.50. The molecule has 29 heavy (non-hydrogen) atoms. The molecule has 3 aromatic rings. The zero-order valence-electron chi connectivity index (χ0n) is 15.8. The average Bonchev–Trinajstić information content (AvgIpc) is 2.72. The summed E-state index contributed by atoms with van der Waals surface area (Å²) in [5.41, 5.74) is 8.47. The normalized spacial score (nSPS) is 10.2. The van der Waals surface area contributed by atoms with Crippen LogP contribution in [0.4, 0.5) is 17.6 Å². The summed E-state index contributed by atoms with van der Waals surface area (Å²) >= 11 is 0. The fourth-order valence-electron chi connectivity index (χ4n) is 2.50. The van der Waals surface area contributed by atoms with Gasteiger partial charge in [-0.1, -0.05) is 48.5 Å². The highest BCUT2D eigenvalue weighted by molar-refractivity contribution is 6.35. The van der Waals surface area contributed by atoms with Gasteiger partial charge in [-0.25, -0.2) is 0 Å².